The second-order valence-corrected chi connectivity index (χ2v) is 6.11. The fourth-order valence-corrected chi connectivity index (χ4v) is 2.91. The molecule has 0 spiro atoms. The van der Waals surface area contributed by atoms with Crippen molar-refractivity contribution in [2.24, 2.45) is 0 Å². The van der Waals surface area contributed by atoms with Gasteiger partial charge in [0.25, 0.3) is 0 Å². The van der Waals surface area contributed by atoms with Gasteiger partial charge >= 0.3 is 6.18 Å². The number of pyridine rings is 1. The van der Waals surface area contributed by atoms with Crippen molar-refractivity contribution in [1.29, 1.82) is 0 Å². The zero-order chi connectivity index (χ0) is 19.0. The van der Waals surface area contributed by atoms with Gasteiger partial charge in [-0.1, -0.05) is 11.6 Å². The van der Waals surface area contributed by atoms with Crippen molar-refractivity contribution >= 4 is 28.6 Å². The summed E-state index contributed by atoms with van der Waals surface area (Å²) in [6, 6.07) is 10.8. The standard InChI is InChI=1S/C18H11ClF3N5/c19-15-4-3-12(9-14(15)18(20,21)22)26-17-8-11(5-7-23-17)13-10-25-27-16(13)2-1-6-24-27/h1-10H,(H,23,26). The number of halogens is 4. The molecule has 0 fully saturated rings. The van der Waals surface area contributed by atoms with Crippen molar-refractivity contribution in [3.05, 3.63) is 71.6 Å². The predicted molar refractivity (Wildman–Crippen MR) is 96.0 cm³/mol. The van der Waals surface area contributed by atoms with Crippen LogP contribution in [0.4, 0.5) is 24.7 Å². The van der Waals surface area contributed by atoms with Gasteiger partial charge in [0.15, 0.2) is 0 Å². The maximum absolute atomic E-state index is 13.0. The Labute approximate surface area is 156 Å². The molecule has 0 saturated heterocycles. The number of nitrogens with zero attached hydrogens (tertiary/aromatic N) is 4. The molecular weight excluding hydrogens is 379 g/mol. The number of hydrogen-bond donors (Lipinski definition) is 1. The molecule has 3 aromatic heterocycles. The summed E-state index contributed by atoms with van der Waals surface area (Å²) in [5, 5.41) is 10.8. The van der Waals surface area contributed by atoms with Gasteiger partial charge < -0.3 is 5.32 Å². The fourth-order valence-electron chi connectivity index (χ4n) is 2.69. The molecule has 0 radical (unpaired) electrons. The molecule has 0 saturated carbocycles. The van der Waals surface area contributed by atoms with Gasteiger partial charge in [0.05, 0.1) is 22.3 Å². The molecular formula is C18H11ClF3N5. The van der Waals surface area contributed by atoms with Gasteiger partial charge in [-0.3, -0.25) is 0 Å². The van der Waals surface area contributed by atoms with E-state index >= 15 is 0 Å². The lowest BCUT2D eigenvalue weighted by Gasteiger charge is -2.12. The lowest BCUT2D eigenvalue weighted by atomic mass is 10.1. The quantitative estimate of drug-likeness (QED) is 0.522. The third-order valence-electron chi connectivity index (χ3n) is 3.92. The number of anilines is 2. The molecule has 0 aliphatic carbocycles. The summed E-state index contributed by atoms with van der Waals surface area (Å²) < 4.78 is 40.6. The van der Waals surface area contributed by atoms with E-state index in [9.17, 15) is 13.2 Å². The Bertz CT molecular complexity index is 1120. The SMILES string of the molecule is FC(F)(F)c1cc(Nc2cc(-c3cnn4ncccc34)ccn2)ccc1Cl. The molecule has 1 aromatic carbocycles. The van der Waals surface area contributed by atoms with E-state index in [1.54, 1.807) is 36.8 Å². The lowest BCUT2D eigenvalue weighted by Crippen LogP contribution is -2.06. The molecule has 0 atom stereocenters. The third-order valence-corrected chi connectivity index (χ3v) is 4.25. The van der Waals surface area contributed by atoms with E-state index < -0.39 is 11.7 Å². The molecule has 3 heterocycles. The highest BCUT2D eigenvalue weighted by molar-refractivity contribution is 6.31. The van der Waals surface area contributed by atoms with Crippen LogP contribution in [0.25, 0.3) is 16.6 Å². The van der Waals surface area contributed by atoms with Crippen LogP contribution in [0.5, 0.6) is 0 Å². The molecule has 0 unspecified atom stereocenters. The molecule has 136 valence electrons. The van der Waals surface area contributed by atoms with Crippen LogP contribution in [0.2, 0.25) is 5.02 Å². The second kappa shape index (κ2) is 6.55. The van der Waals surface area contributed by atoms with E-state index in [4.69, 9.17) is 11.6 Å². The summed E-state index contributed by atoms with van der Waals surface area (Å²) in [7, 11) is 0. The van der Waals surface area contributed by atoms with Gasteiger partial charge in [0.2, 0.25) is 0 Å². The Hall–Kier alpha value is -3.13. The van der Waals surface area contributed by atoms with E-state index in [1.807, 2.05) is 6.07 Å². The topological polar surface area (TPSA) is 55.1 Å². The average Bonchev–Trinajstić information content (AvgIpc) is 3.07. The van der Waals surface area contributed by atoms with Crippen LogP contribution in [0.1, 0.15) is 5.56 Å². The van der Waals surface area contributed by atoms with Crippen molar-refractivity contribution in [3.8, 4) is 11.1 Å². The van der Waals surface area contributed by atoms with Gasteiger partial charge in [-0.2, -0.15) is 28.0 Å². The number of benzene rings is 1. The van der Waals surface area contributed by atoms with E-state index in [0.717, 1.165) is 22.7 Å². The number of nitrogens with one attached hydrogen (secondary N) is 1. The maximum atomic E-state index is 13.0. The van der Waals surface area contributed by atoms with E-state index in [2.05, 4.69) is 20.5 Å². The van der Waals surface area contributed by atoms with Crippen LogP contribution in [0, 0.1) is 0 Å². The second-order valence-electron chi connectivity index (χ2n) is 5.70. The van der Waals surface area contributed by atoms with E-state index in [0.29, 0.717) is 5.82 Å². The van der Waals surface area contributed by atoms with Gasteiger partial charge in [0, 0.05) is 23.6 Å². The summed E-state index contributed by atoms with van der Waals surface area (Å²) in [6.07, 6.45) is 0.333. The van der Waals surface area contributed by atoms with Crippen molar-refractivity contribution in [2.45, 2.75) is 6.18 Å². The minimum absolute atomic E-state index is 0.234. The normalized spacial score (nSPS) is 11.7. The fraction of sp³-hybridized carbons (Fsp3) is 0.0556. The van der Waals surface area contributed by atoms with Crippen LogP contribution < -0.4 is 5.32 Å². The largest absolute Gasteiger partial charge is 0.417 e. The van der Waals surface area contributed by atoms with Gasteiger partial charge in [-0.25, -0.2) is 4.98 Å². The molecule has 0 aliphatic rings. The molecule has 9 heteroatoms. The lowest BCUT2D eigenvalue weighted by molar-refractivity contribution is -0.137. The number of fused-ring (bicyclic) bond motifs is 1. The highest BCUT2D eigenvalue weighted by Gasteiger charge is 2.33. The molecule has 0 aliphatic heterocycles. The minimum Gasteiger partial charge on any atom is -0.340 e. The first-order valence-electron chi connectivity index (χ1n) is 7.81. The van der Waals surface area contributed by atoms with Crippen molar-refractivity contribution in [3.63, 3.8) is 0 Å². The van der Waals surface area contributed by atoms with E-state index in [-0.39, 0.29) is 10.7 Å². The number of aromatic nitrogens is 4. The van der Waals surface area contributed by atoms with Crippen LogP contribution in [-0.4, -0.2) is 19.8 Å². The first-order valence-corrected chi connectivity index (χ1v) is 8.19. The van der Waals surface area contributed by atoms with E-state index in [1.165, 1.54) is 16.8 Å². The predicted octanol–water partition coefficient (Wildman–Crippen LogP) is 5.21. The van der Waals surface area contributed by atoms with Crippen molar-refractivity contribution in [1.82, 2.24) is 19.8 Å². The smallest absolute Gasteiger partial charge is 0.340 e. The van der Waals surface area contributed by atoms with Gasteiger partial charge in [-0.15, -0.1) is 0 Å². The van der Waals surface area contributed by atoms with Crippen molar-refractivity contribution in [2.75, 3.05) is 5.32 Å². The summed E-state index contributed by atoms with van der Waals surface area (Å²) in [5.74, 6) is 0.395. The Morgan fingerprint density at radius 1 is 1.00 bits per heavy atom. The van der Waals surface area contributed by atoms with Crippen LogP contribution in [0.15, 0.2) is 61.1 Å². The van der Waals surface area contributed by atoms with Crippen LogP contribution in [-0.2, 0) is 6.18 Å². The summed E-state index contributed by atoms with van der Waals surface area (Å²) in [6.45, 7) is 0. The Morgan fingerprint density at radius 2 is 1.85 bits per heavy atom. The number of rotatable bonds is 3. The summed E-state index contributed by atoms with van der Waals surface area (Å²) in [5.41, 5.74) is 1.78. The summed E-state index contributed by atoms with van der Waals surface area (Å²) >= 11 is 5.65. The molecule has 4 aromatic rings. The zero-order valence-electron chi connectivity index (χ0n) is 13.6. The molecule has 27 heavy (non-hydrogen) atoms. The van der Waals surface area contributed by atoms with Gasteiger partial charge in [-0.05, 0) is 48.0 Å². The zero-order valence-corrected chi connectivity index (χ0v) is 14.3. The first-order chi connectivity index (χ1) is 12.9. The Morgan fingerprint density at radius 3 is 2.67 bits per heavy atom. The highest BCUT2D eigenvalue weighted by Crippen LogP contribution is 2.36. The first kappa shape index (κ1) is 17.3. The summed E-state index contributed by atoms with van der Waals surface area (Å²) in [4.78, 5) is 4.17. The third kappa shape index (κ3) is 3.43. The highest BCUT2D eigenvalue weighted by atomic mass is 35.5. The van der Waals surface area contributed by atoms with Crippen LogP contribution in [0.3, 0.4) is 0 Å². The number of hydrogen-bond acceptors (Lipinski definition) is 4. The molecule has 0 amide bonds. The Balaban J connectivity index is 1.68. The molecule has 4 rings (SSSR count). The molecule has 0 bridgehead atoms. The van der Waals surface area contributed by atoms with Gasteiger partial charge in [0.1, 0.15) is 5.82 Å². The monoisotopic (exact) mass is 389 g/mol. The molecule has 1 N–H and O–H groups in total. The average molecular weight is 390 g/mol. The van der Waals surface area contributed by atoms with Crippen LogP contribution >= 0.6 is 11.6 Å². The maximum Gasteiger partial charge on any atom is 0.417 e. The number of alkyl halides is 3. The van der Waals surface area contributed by atoms with Crippen molar-refractivity contribution < 1.29 is 13.2 Å². The Kier molecular flexibility index (Phi) is 4.19. The minimum atomic E-state index is -4.53. The molecule has 5 nitrogen and oxygen atoms in total.